The fraction of sp³-hybridized carbons (Fsp3) is 0.286. The molecule has 6 nitrogen and oxygen atoms in total. The summed E-state index contributed by atoms with van der Waals surface area (Å²) in [5.74, 6) is 0.857. The number of alkyl halides is 1. The maximum Gasteiger partial charge on any atom is 0.267 e. The number of benzene rings is 1. The van der Waals surface area contributed by atoms with Crippen molar-refractivity contribution < 1.29 is 14.3 Å². The molecule has 2 N–H and O–H groups in total. The van der Waals surface area contributed by atoms with E-state index in [0.29, 0.717) is 29.6 Å². The number of ether oxygens (including phenoxy) is 2. The minimum Gasteiger partial charge on any atom is -0.497 e. The number of nitrogens with zero attached hydrogens (tertiary/aromatic N) is 1. The van der Waals surface area contributed by atoms with Crippen LogP contribution in [0.2, 0.25) is 0 Å². The number of anilines is 1. The number of nitriles is 1. The third kappa shape index (κ3) is 4.89. The molecule has 0 atom stereocenters. The second-order valence-electron chi connectivity index (χ2n) is 3.83. The molecule has 112 valence electrons. The number of methoxy groups -OCH3 is 2. The van der Waals surface area contributed by atoms with Crippen LogP contribution in [0, 0.1) is 11.3 Å². The zero-order chi connectivity index (χ0) is 15.7. The third-order valence-corrected chi connectivity index (χ3v) is 2.69. The van der Waals surface area contributed by atoms with Crippen LogP contribution in [-0.4, -0.2) is 32.6 Å². The van der Waals surface area contributed by atoms with E-state index in [4.69, 9.17) is 26.3 Å². The average Bonchev–Trinajstić information content (AvgIpc) is 2.51. The lowest BCUT2D eigenvalue weighted by atomic mass is 10.2. The molecule has 1 aromatic carbocycles. The van der Waals surface area contributed by atoms with Gasteiger partial charge >= 0.3 is 0 Å². The number of carbonyl (C=O) groups excluding carboxylic acids is 1. The molecule has 0 spiro atoms. The highest BCUT2D eigenvalue weighted by Crippen LogP contribution is 2.29. The molecule has 7 heteroatoms. The minimum absolute atomic E-state index is 0.0648. The van der Waals surface area contributed by atoms with Gasteiger partial charge in [-0.2, -0.15) is 5.26 Å². The Labute approximate surface area is 128 Å². The minimum atomic E-state index is -0.550. The summed E-state index contributed by atoms with van der Waals surface area (Å²) >= 11 is 5.50. The van der Waals surface area contributed by atoms with E-state index in [9.17, 15) is 4.79 Å². The van der Waals surface area contributed by atoms with Crippen molar-refractivity contribution in [2.75, 3.05) is 32.0 Å². The van der Waals surface area contributed by atoms with Crippen molar-refractivity contribution in [1.82, 2.24) is 5.32 Å². The summed E-state index contributed by atoms with van der Waals surface area (Å²) in [6, 6.07) is 6.80. The van der Waals surface area contributed by atoms with E-state index in [-0.39, 0.29) is 5.57 Å². The first-order valence-electron chi connectivity index (χ1n) is 6.09. The Kier molecular flexibility index (Phi) is 6.92. The van der Waals surface area contributed by atoms with E-state index in [1.54, 1.807) is 18.2 Å². The van der Waals surface area contributed by atoms with Crippen LogP contribution in [0.1, 0.15) is 0 Å². The zero-order valence-electron chi connectivity index (χ0n) is 11.8. The van der Waals surface area contributed by atoms with Gasteiger partial charge in [0.2, 0.25) is 0 Å². The number of rotatable bonds is 7. The van der Waals surface area contributed by atoms with Crippen LogP contribution in [0.5, 0.6) is 11.5 Å². The van der Waals surface area contributed by atoms with Crippen molar-refractivity contribution in [3.8, 4) is 17.6 Å². The topological polar surface area (TPSA) is 83.4 Å². The SMILES string of the molecule is COc1ccc(OC)c(NC(=O)/C(C#N)=C\NCCCl)c1. The van der Waals surface area contributed by atoms with Crippen molar-refractivity contribution in [1.29, 1.82) is 5.26 Å². The van der Waals surface area contributed by atoms with Crippen LogP contribution in [0.4, 0.5) is 5.69 Å². The van der Waals surface area contributed by atoms with E-state index < -0.39 is 5.91 Å². The number of halogens is 1. The summed E-state index contributed by atoms with van der Waals surface area (Å²) in [4.78, 5) is 12.0. The Morgan fingerprint density at radius 2 is 2.19 bits per heavy atom. The largest absolute Gasteiger partial charge is 0.497 e. The van der Waals surface area contributed by atoms with Crippen molar-refractivity contribution in [3.05, 3.63) is 30.0 Å². The zero-order valence-corrected chi connectivity index (χ0v) is 12.5. The van der Waals surface area contributed by atoms with Crippen LogP contribution < -0.4 is 20.1 Å². The van der Waals surface area contributed by atoms with E-state index in [0.717, 1.165) is 0 Å². The van der Waals surface area contributed by atoms with Gasteiger partial charge in [0.25, 0.3) is 5.91 Å². The lowest BCUT2D eigenvalue weighted by molar-refractivity contribution is -0.112. The van der Waals surface area contributed by atoms with Gasteiger partial charge in [-0.1, -0.05) is 0 Å². The quantitative estimate of drug-likeness (QED) is 0.348. The standard InChI is InChI=1S/C14H16ClN3O3/c1-20-11-3-4-13(21-2)12(7-11)18-14(19)10(8-16)9-17-6-5-15/h3-4,7,9,17H,5-6H2,1-2H3,(H,18,19)/b10-9-. The van der Waals surface area contributed by atoms with Gasteiger partial charge in [0.15, 0.2) is 0 Å². The smallest absolute Gasteiger partial charge is 0.267 e. The fourth-order valence-electron chi connectivity index (χ4n) is 1.48. The maximum absolute atomic E-state index is 12.0. The fourth-order valence-corrected chi connectivity index (χ4v) is 1.59. The summed E-state index contributed by atoms with van der Waals surface area (Å²) < 4.78 is 10.2. The molecule has 0 heterocycles. The Bertz CT molecular complexity index is 567. The van der Waals surface area contributed by atoms with Gasteiger partial charge in [-0.05, 0) is 12.1 Å². The highest BCUT2D eigenvalue weighted by molar-refractivity contribution is 6.18. The summed E-state index contributed by atoms with van der Waals surface area (Å²) in [5, 5.41) is 14.4. The summed E-state index contributed by atoms with van der Waals surface area (Å²) in [7, 11) is 3.00. The van der Waals surface area contributed by atoms with Gasteiger partial charge in [0.1, 0.15) is 23.1 Å². The van der Waals surface area contributed by atoms with Crippen LogP contribution >= 0.6 is 11.6 Å². The lowest BCUT2D eigenvalue weighted by Gasteiger charge is -2.11. The Balaban J connectivity index is 2.91. The second-order valence-corrected chi connectivity index (χ2v) is 4.21. The van der Waals surface area contributed by atoms with Gasteiger partial charge in [-0.3, -0.25) is 4.79 Å². The summed E-state index contributed by atoms with van der Waals surface area (Å²) in [5.41, 5.74) is 0.352. The predicted octanol–water partition coefficient (Wildman–Crippen LogP) is 1.88. The first-order chi connectivity index (χ1) is 10.2. The molecule has 0 saturated carbocycles. The number of hydrogen-bond acceptors (Lipinski definition) is 5. The van der Waals surface area contributed by atoms with Crippen LogP contribution in [0.15, 0.2) is 30.0 Å². The molecule has 0 bridgehead atoms. The molecular weight excluding hydrogens is 294 g/mol. The van der Waals surface area contributed by atoms with E-state index >= 15 is 0 Å². The Morgan fingerprint density at radius 3 is 2.76 bits per heavy atom. The number of carbonyl (C=O) groups is 1. The Morgan fingerprint density at radius 1 is 1.43 bits per heavy atom. The predicted molar refractivity (Wildman–Crippen MR) is 80.6 cm³/mol. The Hall–Kier alpha value is -2.39. The summed E-state index contributed by atoms with van der Waals surface area (Å²) in [6.45, 7) is 0.461. The third-order valence-electron chi connectivity index (χ3n) is 2.51. The highest BCUT2D eigenvalue weighted by Gasteiger charge is 2.13. The van der Waals surface area contributed by atoms with Gasteiger partial charge in [0.05, 0.1) is 19.9 Å². The molecule has 1 aromatic rings. The molecule has 0 aliphatic carbocycles. The van der Waals surface area contributed by atoms with E-state index in [1.165, 1.54) is 20.4 Å². The van der Waals surface area contributed by atoms with Crippen molar-refractivity contribution in [3.63, 3.8) is 0 Å². The van der Waals surface area contributed by atoms with E-state index in [1.807, 2.05) is 6.07 Å². The molecule has 0 saturated heterocycles. The first-order valence-corrected chi connectivity index (χ1v) is 6.62. The lowest BCUT2D eigenvalue weighted by Crippen LogP contribution is -2.18. The summed E-state index contributed by atoms with van der Waals surface area (Å²) in [6.07, 6.45) is 1.32. The molecule has 0 unspecified atom stereocenters. The second kappa shape index (κ2) is 8.72. The van der Waals surface area contributed by atoms with Gasteiger partial charge < -0.3 is 20.1 Å². The average molecular weight is 310 g/mol. The molecule has 0 radical (unpaired) electrons. The molecular formula is C14H16ClN3O3. The highest BCUT2D eigenvalue weighted by atomic mass is 35.5. The number of nitrogens with one attached hydrogen (secondary N) is 2. The normalized spacial score (nSPS) is 10.5. The van der Waals surface area contributed by atoms with Crippen LogP contribution in [0.3, 0.4) is 0 Å². The van der Waals surface area contributed by atoms with Gasteiger partial charge in [-0.15, -0.1) is 11.6 Å². The maximum atomic E-state index is 12.0. The van der Waals surface area contributed by atoms with Crippen LogP contribution in [-0.2, 0) is 4.79 Å². The van der Waals surface area contributed by atoms with E-state index in [2.05, 4.69) is 10.6 Å². The molecule has 1 rings (SSSR count). The van der Waals surface area contributed by atoms with Crippen molar-refractivity contribution in [2.45, 2.75) is 0 Å². The molecule has 0 aliphatic rings. The van der Waals surface area contributed by atoms with Crippen molar-refractivity contribution in [2.24, 2.45) is 0 Å². The van der Waals surface area contributed by atoms with Crippen molar-refractivity contribution >= 4 is 23.2 Å². The van der Waals surface area contributed by atoms with Crippen LogP contribution in [0.25, 0.3) is 0 Å². The van der Waals surface area contributed by atoms with Gasteiger partial charge in [0, 0.05) is 24.7 Å². The molecule has 21 heavy (non-hydrogen) atoms. The molecule has 1 amide bonds. The van der Waals surface area contributed by atoms with Gasteiger partial charge in [-0.25, -0.2) is 0 Å². The monoisotopic (exact) mass is 309 g/mol. The molecule has 0 fully saturated rings. The molecule has 0 aliphatic heterocycles. The first kappa shape index (κ1) is 16.7. The molecule has 0 aromatic heterocycles. The number of hydrogen-bond donors (Lipinski definition) is 2. The number of amides is 1.